The molecule has 0 saturated heterocycles. The van der Waals surface area contributed by atoms with Crippen molar-refractivity contribution in [3.05, 3.63) is 11.1 Å². The summed E-state index contributed by atoms with van der Waals surface area (Å²) >= 11 is 0. The maximum atomic E-state index is 11.4. The third-order valence-electron chi connectivity index (χ3n) is 2.59. The Hall–Kier alpha value is -0.670. The molecule has 0 radical (unpaired) electrons. The number of hydrogen-bond acceptors (Lipinski definition) is 3. The van der Waals surface area contributed by atoms with Crippen molar-refractivity contribution in [2.24, 2.45) is 0 Å². The molecule has 0 aromatic carbocycles. The highest BCUT2D eigenvalue weighted by atomic mass is 16.3. The highest BCUT2D eigenvalue weighted by Gasteiger charge is 2.42. The van der Waals surface area contributed by atoms with Crippen LogP contribution in [0.4, 0.5) is 0 Å². The van der Waals surface area contributed by atoms with Gasteiger partial charge in [0.15, 0.2) is 11.4 Å². The topological polar surface area (TPSA) is 57.5 Å². The third-order valence-corrected chi connectivity index (χ3v) is 2.59. The van der Waals surface area contributed by atoms with E-state index in [1.165, 1.54) is 6.92 Å². The van der Waals surface area contributed by atoms with Gasteiger partial charge in [-0.15, -0.1) is 0 Å². The Labute approximate surface area is 71.7 Å². The monoisotopic (exact) mass is 170 g/mol. The zero-order valence-corrected chi connectivity index (χ0v) is 7.59. The van der Waals surface area contributed by atoms with E-state index in [4.69, 9.17) is 0 Å². The Balaban J connectivity index is 3.10. The van der Waals surface area contributed by atoms with Crippen molar-refractivity contribution in [2.75, 3.05) is 0 Å². The molecular formula is C9H14O3. The number of hydrogen-bond donors (Lipinski definition) is 2. The predicted octanol–water partition coefficient (Wildman–Crippen LogP) is 0.407. The van der Waals surface area contributed by atoms with E-state index in [0.717, 1.165) is 5.57 Å². The van der Waals surface area contributed by atoms with E-state index < -0.39 is 11.7 Å². The van der Waals surface area contributed by atoms with Crippen molar-refractivity contribution < 1.29 is 15.0 Å². The van der Waals surface area contributed by atoms with Crippen LogP contribution >= 0.6 is 0 Å². The smallest absolute Gasteiger partial charge is 0.192 e. The van der Waals surface area contributed by atoms with Gasteiger partial charge < -0.3 is 10.2 Å². The minimum atomic E-state index is -1.59. The number of aliphatic hydroxyl groups is 2. The summed E-state index contributed by atoms with van der Waals surface area (Å²) in [4.78, 5) is 11.4. The fourth-order valence-corrected chi connectivity index (χ4v) is 1.37. The lowest BCUT2D eigenvalue weighted by molar-refractivity contribution is -0.144. The van der Waals surface area contributed by atoms with Crippen LogP contribution in [0.25, 0.3) is 0 Å². The van der Waals surface area contributed by atoms with Crippen LogP contribution < -0.4 is 0 Å². The molecule has 2 atom stereocenters. The predicted molar refractivity (Wildman–Crippen MR) is 44.6 cm³/mol. The first-order chi connectivity index (χ1) is 5.37. The lowest BCUT2D eigenvalue weighted by Gasteiger charge is -2.33. The largest absolute Gasteiger partial charge is 0.389 e. The maximum absolute atomic E-state index is 11.4. The van der Waals surface area contributed by atoms with Gasteiger partial charge in [0.05, 0.1) is 6.10 Å². The van der Waals surface area contributed by atoms with E-state index in [1.807, 2.05) is 0 Å². The quantitative estimate of drug-likeness (QED) is 0.553. The summed E-state index contributed by atoms with van der Waals surface area (Å²) in [6.45, 7) is 4.83. The third kappa shape index (κ3) is 1.19. The highest BCUT2D eigenvalue weighted by Crippen LogP contribution is 2.29. The molecule has 1 aliphatic rings. The first-order valence-electron chi connectivity index (χ1n) is 3.99. The molecule has 0 aromatic rings. The number of Topliss-reactive ketones (excluding diaryl/α,β-unsaturated/α-hetero) is 1. The molecule has 1 rings (SSSR count). The van der Waals surface area contributed by atoms with Crippen molar-refractivity contribution in [3.8, 4) is 0 Å². The summed E-state index contributed by atoms with van der Waals surface area (Å²) in [6.07, 6.45) is -0.585. The van der Waals surface area contributed by atoms with Crippen LogP contribution in [0.15, 0.2) is 11.1 Å². The van der Waals surface area contributed by atoms with Gasteiger partial charge in [-0.05, 0) is 32.8 Å². The Morgan fingerprint density at radius 3 is 2.50 bits per heavy atom. The molecule has 0 amide bonds. The minimum absolute atomic E-state index is 0.362. The Morgan fingerprint density at radius 1 is 1.50 bits per heavy atom. The minimum Gasteiger partial charge on any atom is -0.389 e. The zero-order chi connectivity index (χ0) is 9.52. The molecule has 0 fully saturated rings. The van der Waals surface area contributed by atoms with Crippen LogP contribution in [-0.2, 0) is 4.79 Å². The van der Waals surface area contributed by atoms with Crippen LogP contribution in [0.1, 0.15) is 27.2 Å². The van der Waals surface area contributed by atoms with Gasteiger partial charge in [0, 0.05) is 0 Å². The van der Waals surface area contributed by atoms with Gasteiger partial charge in [-0.3, -0.25) is 4.79 Å². The molecule has 2 N–H and O–H groups in total. The van der Waals surface area contributed by atoms with Gasteiger partial charge in [-0.25, -0.2) is 0 Å². The summed E-state index contributed by atoms with van der Waals surface area (Å²) in [5, 5.41) is 19.0. The number of carbonyl (C=O) groups excluding carboxylic acids is 1. The first kappa shape index (κ1) is 9.42. The fraction of sp³-hybridized carbons (Fsp3) is 0.667. The second-order valence-corrected chi connectivity index (χ2v) is 3.60. The molecule has 0 bridgehead atoms. The SMILES string of the molecule is CC1=C(C)C(=O)[C@](C)(O)[C@H](O)C1. The van der Waals surface area contributed by atoms with Gasteiger partial charge in [0.1, 0.15) is 0 Å². The number of aliphatic hydroxyl groups excluding tert-OH is 1. The molecule has 3 nitrogen and oxygen atoms in total. The maximum Gasteiger partial charge on any atom is 0.192 e. The number of rotatable bonds is 0. The van der Waals surface area contributed by atoms with Crippen molar-refractivity contribution in [2.45, 2.75) is 38.9 Å². The van der Waals surface area contributed by atoms with Crippen LogP contribution in [0.5, 0.6) is 0 Å². The molecule has 0 unspecified atom stereocenters. The molecule has 0 heterocycles. The van der Waals surface area contributed by atoms with E-state index in [9.17, 15) is 15.0 Å². The normalized spacial score (nSPS) is 37.4. The summed E-state index contributed by atoms with van der Waals surface area (Å²) in [5.74, 6) is -0.362. The van der Waals surface area contributed by atoms with E-state index in [1.54, 1.807) is 13.8 Å². The van der Waals surface area contributed by atoms with Crippen molar-refractivity contribution in [1.82, 2.24) is 0 Å². The molecule has 12 heavy (non-hydrogen) atoms. The Bertz CT molecular complexity index is 250. The van der Waals surface area contributed by atoms with Crippen LogP contribution in [0.3, 0.4) is 0 Å². The Morgan fingerprint density at radius 2 is 2.00 bits per heavy atom. The lowest BCUT2D eigenvalue weighted by Crippen LogP contribution is -2.50. The zero-order valence-electron chi connectivity index (χ0n) is 7.59. The average Bonchev–Trinajstić information content (AvgIpc) is 1.99. The van der Waals surface area contributed by atoms with E-state index >= 15 is 0 Å². The first-order valence-corrected chi connectivity index (χ1v) is 3.99. The van der Waals surface area contributed by atoms with E-state index in [-0.39, 0.29) is 5.78 Å². The highest BCUT2D eigenvalue weighted by molar-refractivity contribution is 6.03. The van der Waals surface area contributed by atoms with Crippen LogP contribution in [0.2, 0.25) is 0 Å². The summed E-state index contributed by atoms with van der Waals surface area (Å²) in [5.41, 5.74) is -0.159. The average molecular weight is 170 g/mol. The molecule has 3 heteroatoms. The molecular weight excluding hydrogens is 156 g/mol. The van der Waals surface area contributed by atoms with Gasteiger partial charge in [-0.2, -0.15) is 0 Å². The standard InChI is InChI=1S/C9H14O3/c1-5-4-7(10)9(3,12)8(11)6(5)2/h7,10,12H,4H2,1-3H3/t7-,9-/m1/s1. The second kappa shape index (κ2) is 2.68. The lowest BCUT2D eigenvalue weighted by atomic mass is 9.79. The summed E-state index contributed by atoms with van der Waals surface area (Å²) in [6, 6.07) is 0. The van der Waals surface area contributed by atoms with E-state index in [0.29, 0.717) is 12.0 Å². The van der Waals surface area contributed by atoms with E-state index in [2.05, 4.69) is 0 Å². The molecule has 0 aromatic heterocycles. The van der Waals surface area contributed by atoms with Crippen LogP contribution in [-0.4, -0.2) is 27.7 Å². The fourth-order valence-electron chi connectivity index (χ4n) is 1.37. The Kier molecular flexibility index (Phi) is 2.10. The van der Waals surface area contributed by atoms with Crippen molar-refractivity contribution in [1.29, 1.82) is 0 Å². The van der Waals surface area contributed by atoms with Crippen molar-refractivity contribution >= 4 is 5.78 Å². The summed E-state index contributed by atoms with van der Waals surface area (Å²) < 4.78 is 0. The van der Waals surface area contributed by atoms with Gasteiger partial charge in [0.2, 0.25) is 0 Å². The molecule has 0 spiro atoms. The molecule has 68 valence electrons. The number of carbonyl (C=O) groups is 1. The second-order valence-electron chi connectivity index (χ2n) is 3.60. The summed E-state index contributed by atoms with van der Waals surface area (Å²) in [7, 11) is 0. The van der Waals surface area contributed by atoms with Gasteiger partial charge in [-0.1, -0.05) is 5.57 Å². The van der Waals surface area contributed by atoms with Crippen molar-refractivity contribution in [3.63, 3.8) is 0 Å². The molecule has 0 aliphatic heterocycles. The molecule has 0 saturated carbocycles. The number of ketones is 1. The van der Waals surface area contributed by atoms with Gasteiger partial charge in [0.25, 0.3) is 0 Å². The molecule has 1 aliphatic carbocycles. The van der Waals surface area contributed by atoms with Crippen LogP contribution in [0, 0.1) is 0 Å². The van der Waals surface area contributed by atoms with Gasteiger partial charge >= 0.3 is 0 Å².